The Labute approximate surface area is 145 Å². The Hall–Kier alpha value is -1.01. The van der Waals surface area contributed by atoms with Crippen molar-refractivity contribution in [3.8, 4) is 6.07 Å². The third-order valence-corrected chi connectivity index (χ3v) is 4.12. The molecule has 1 saturated heterocycles. The van der Waals surface area contributed by atoms with Gasteiger partial charge in [0.2, 0.25) is 0 Å². The van der Waals surface area contributed by atoms with E-state index in [4.69, 9.17) is 5.26 Å². The smallest absolute Gasteiger partial charge is 0.416 e. The largest absolute Gasteiger partial charge is 1.00 e. The maximum absolute atomic E-state index is 12.7. The maximum Gasteiger partial charge on any atom is 0.416 e. The van der Waals surface area contributed by atoms with Crippen LogP contribution in [0.5, 0.6) is 0 Å². The van der Waals surface area contributed by atoms with Gasteiger partial charge in [-0.15, -0.1) is 0 Å². The summed E-state index contributed by atoms with van der Waals surface area (Å²) in [5.41, 5.74) is 0.0173. The lowest BCUT2D eigenvalue weighted by atomic mass is 10.1. The first kappa shape index (κ1) is 19.0. The molecule has 1 fully saturated rings. The molecule has 1 aromatic carbocycles. The fraction of sp³-hybridized carbons (Fsp3) is 0.533. The molecular formula is C15H19F3IN3. The van der Waals surface area contributed by atoms with Gasteiger partial charge in [0, 0.05) is 5.69 Å². The van der Waals surface area contributed by atoms with Crippen molar-refractivity contribution in [1.29, 1.82) is 5.26 Å². The quantitative estimate of drug-likeness (QED) is 0.500. The highest BCUT2D eigenvalue weighted by Gasteiger charge is 2.32. The van der Waals surface area contributed by atoms with Crippen molar-refractivity contribution in [2.75, 3.05) is 44.7 Å². The fourth-order valence-corrected chi connectivity index (χ4v) is 2.63. The van der Waals surface area contributed by atoms with E-state index in [1.54, 1.807) is 6.07 Å². The first-order valence-electron chi connectivity index (χ1n) is 6.97. The summed E-state index contributed by atoms with van der Waals surface area (Å²) in [7, 11) is 2.10. The average Bonchev–Trinajstić information content (AvgIpc) is 2.45. The van der Waals surface area contributed by atoms with Gasteiger partial charge in [-0.3, -0.25) is 0 Å². The van der Waals surface area contributed by atoms with E-state index in [1.807, 2.05) is 4.90 Å². The number of rotatable bonds is 3. The molecule has 3 nitrogen and oxygen atoms in total. The van der Waals surface area contributed by atoms with Gasteiger partial charge >= 0.3 is 6.18 Å². The van der Waals surface area contributed by atoms with Crippen LogP contribution in [0.2, 0.25) is 0 Å². The molecule has 1 heterocycles. The number of piperazine rings is 1. The van der Waals surface area contributed by atoms with Crippen LogP contribution < -0.4 is 28.9 Å². The molecule has 0 saturated carbocycles. The number of nitriles is 1. The zero-order valence-corrected chi connectivity index (χ0v) is 14.6. The minimum Gasteiger partial charge on any atom is -1.00 e. The van der Waals surface area contributed by atoms with E-state index < -0.39 is 11.7 Å². The lowest BCUT2D eigenvalue weighted by Gasteiger charge is -2.42. The number of hydrogen-bond acceptors (Lipinski definition) is 2. The Bertz CT molecular complexity index is 532. The number of nitrogens with zero attached hydrogens (tertiary/aromatic N) is 3. The van der Waals surface area contributed by atoms with Crippen LogP contribution in [0.25, 0.3) is 0 Å². The zero-order chi connectivity index (χ0) is 15.5. The number of hydrogen-bond donors (Lipinski definition) is 0. The highest BCUT2D eigenvalue weighted by molar-refractivity contribution is 5.49. The summed E-state index contributed by atoms with van der Waals surface area (Å²) >= 11 is 0. The standard InChI is InChI=1S/C15H19F3N3.HI/c1-21(9-3-6-19)10-7-20(8-11-21)14-5-2-4-13(12-14)15(16,17)18;/h2,4-5,12H,3,7-11H2,1H3;1H/q+1;/p-1. The summed E-state index contributed by atoms with van der Waals surface area (Å²) < 4.78 is 39.0. The molecule has 0 unspecified atom stereocenters. The molecule has 7 heteroatoms. The topological polar surface area (TPSA) is 27.0 Å². The van der Waals surface area contributed by atoms with Crippen molar-refractivity contribution < 1.29 is 41.6 Å². The third kappa shape index (κ3) is 4.74. The lowest BCUT2D eigenvalue weighted by Crippen LogP contribution is -3.00. The van der Waals surface area contributed by atoms with Crippen molar-refractivity contribution in [1.82, 2.24) is 0 Å². The second kappa shape index (κ2) is 7.51. The summed E-state index contributed by atoms with van der Waals surface area (Å²) in [5.74, 6) is 0. The first-order valence-corrected chi connectivity index (χ1v) is 6.97. The summed E-state index contributed by atoms with van der Waals surface area (Å²) in [6, 6.07) is 7.64. The summed E-state index contributed by atoms with van der Waals surface area (Å²) in [4.78, 5) is 1.99. The average molecular weight is 425 g/mol. The predicted molar refractivity (Wildman–Crippen MR) is 74.7 cm³/mol. The molecule has 0 aromatic heterocycles. The molecule has 0 amide bonds. The Kier molecular flexibility index (Phi) is 6.50. The van der Waals surface area contributed by atoms with E-state index >= 15 is 0 Å². The van der Waals surface area contributed by atoms with E-state index in [1.165, 1.54) is 12.1 Å². The van der Waals surface area contributed by atoms with Gasteiger partial charge in [-0.05, 0) is 18.2 Å². The van der Waals surface area contributed by atoms with E-state index in [9.17, 15) is 13.2 Å². The van der Waals surface area contributed by atoms with Crippen molar-refractivity contribution in [2.24, 2.45) is 0 Å². The van der Waals surface area contributed by atoms with Crippen LogP contribution >= 0.6 is 0 Å². The predicted octanol–water partition coefficient (Wildman–Crippen LogP) is -0.110. The van der Waals surface area contributed by atoms with E-state index in [2.05, 4.69) is 13.1 Å². The molecule has 122 valence electrons. The molecular weight excluding hydrogens is 406 g/mol. The van der Waals surface area contributed by atoms with Crippen LogP contribution in [0.1, 0.15) is 12.0 Å². The van der Waals surface area contributed by atoms with Gasteiger partial charge < -0.3 is 33.4 Å². The molecule has 0 N–H and O–H groups in total. The number of likely N-dealkylation sites (N-methyl/N-ethyl adjacent to an activating group) is 1. The van der Waals surface area contributed by atoms with Gasteiger partial charge in [0.25, 0.3) is 0 Å². The second-order valence-electron chi connectivity index (χ2n) is 5.73. The van der Waals surface area contributed by atoms with Crippen LogP contribution in [-0.2, 0) is 6.18 Å². The molecule has 2 rings (SSSR count). The van der Waals surface area contributed by atoms with Crippen molar-refractivity contribution in [3.05, 3.63) is 29.8 Å². The molecule has 0 aliphatic carbocycles. The number of quaternary nitrogens is 1. The van der Waals surface area contributed by atoms with Crippen molar-refractivity contribution in [3.63, 3.8) is 0 Å². The van der Waals surface area contributed by atoms with Gasteiger partial charge in [0.15, 0.2) is 0 Å². The summed E-state index contributed by atoms with van der Waals surface area (Å²) in [6.45, 7) is 3.91. The van der Waals surface area contributed by atoms with Crippen LogP contribution in [0.3, 0.4) is 0 Å². The summed E-state index contributed by atoms with van der Waals surface area (Å²) in [5, 5.41) is 8.67. The molecule has 22 heavy (non-hydrogen) atoms. The van der Waals surface area contributed by atoms with Crippen LogP contribution in [0, 0.1) is 11.3 Å². The van der Waals surface area contributed by atoms with Gasteiger partial charge in [-0.2, -0.15) is 18.4 Å². The SMILES string of the molecule is C[N+]1(CCC#N)CCN(c2cccc(C(F)(F)F)c2)CC1.[I-]. The van der Waals surface area contributed by atoms with Crippen LogP contribution in [0.15, 0.2) is 24.3 Å². The van der Waals surface area contributed by atoms with E-state index in [-0.39, 0.29) is 24.0 Å². The minimum atomic E-state index is -4.30. The molecule has 0 bridgehead atoms. The molecule has 0 radical (unpaired) electrons. The zero-order valence-electron chi connectivity index (χ0n) is 12.4. The van der Waals surface area contributed by atoms with E-state index in [0.29, 0.717) is 25.2 Å². The Balaban J connectivity index is 0.00000242. The Morgan fingerprint density at radius 1 is 1.27 bits per heavy atom. The second-order valence-corrected chi connectivity index (χ2v) is 5.73. The third-order valence-electron chi connectivity index (χ3n) is 4.12. The van der Waals surface area contributed by atoms with Crippen molar-refractivity contribution in [2.45, 2.75) is 12.6 Å². The molecule has 1 aliphatic rings. The van der Waals surface area contributed by atoms with Crippen LogP contribution in [0.4, 0.5) is 18.9 Å². The lowest BCUT2D eigenvalue weighted by molar-refractivity contribution is -0.909. The minimum absolute atomic E-state index is 0. The number of alkyl halides is 3. The number of anilines is 1. The van der Waals surface area contributed by atoms with Gasteiger partial charge in [0.1, 0.15) is 0 Å². The van der Waals surface area contributed by atoms with Crippen LogP contribution in [-0.4, -0.2) is 44.3 Å². The summed E-state index contributed by atoms with van der Waals surface area (Å²) in [6.07, 6.45) is -3.79. The molecule has 1 aromatic rings. The fourth-order valence-electron chi connectivity index (χ4n) is 2.63. The molecule has 0 atom stereocenters. The molecule has 0 spiro atoms. The highest BCUT2D eigenvalue weighted by Crippen LogP contribution is 2.32. The normalized spacial score (nSPS) is 17.5. The first-order chi connectivity index (χ1) is 9.84. The number of halogens is 4. The van der Waals surface area contributed by atoms with E-state index in [0.717, 1.165) is 30.2 Å². The number of benzene rings is 1. The highest BCUT2D eigenvalue weighted by atomic mass is 127. The van der Waals surface area contributed by atoms with Crippen molar-refractivity contribution >= 4 is 5.69 Å². The Morgan fingerprint density at radius 3 is 2.45 bits per heavy atom. The van der Waals surface area contributed by atoms with Gasteiger partial charge in [0.05, 0.1) is 57.8 Å². The Morgan fingerprint density at radius 2 is 1.91 bits per heavy atom. The van der Waals surface area contributed by atoms with Gasteiger partial charge in [-0.25, -0.2) is 0 Å². The van der Waals surface area contributed by atoms with Gasteiger partial charge in [-0.1, -0.05) is 6.07 Å². The monoisotopic (exact) mass is 425 g/mol. The maximum atomic E-state index is 12.7. The molecule has 1 aliphatic heterocycles.